The van der Waals surface area contributed by atoms with Crippen molar-refractivity contribution >= 4 is 22.8 Å². The van der Waals surface area contributed by atoms with E-state index in [1.54, 1.807) is 6.92 Å². The molecule has 0 aromatic carbocycles. The van der Waals surface area contributed by atoms with Gasteiger partial charge in [0.05, 0.1) is 6.10 Å². The molecule has 0 aromatic rings. The summed E-state index contributed by atoms with van der Waals surface area (Å²) in [7, 11) is 0. The van der Waals surface area contributed by atoms with E-state index in [4.69, 9.17) is 5.11 Å². The second kappa shape index (κ2) is 8.67. The minimum atomic E-state index is -1.20. The number of hydrogen-bond acceptors (Lipinski definition) is 4. The van der Waals surface area contributed by atoms with Crippen LogP contribution in [0.2, 0.25) is 0 Å². The van der Waals surface area contributed by atoms with Gasteiger partial charge in [0.2, 0.25) is 5.91 Å². The van der Waals surface area contributed by atoms with Gasteiger partial charge in [0.1, 0.15) is 6.67 Å². The van der Waals surface area contributed by atoms with Crippen LogP contribution in [0.4, 0.5) is 4.39 Å². The van der Waals surface area contributed by atoms with E-state index in [2.05, 4.69) is 5.32 Å². The number of aliphatic hydroxyl groups is 1. The maximum atomic E-state index is 11.8. The van der Waals surface area contributed by atoms with Crippen molar-refractivity contribution in [2.75, 3.05) is 19.0 Å². The Kier molecular flexibility index (Phi) is 8.31. The number of aliphatic hydroxyl groups excluding tert-OH is 1. The lowest BCUT2D eigenvalue weighted by molar-refractivity contribution is -0.120. The van der Waals surface area contributed by atoms with Gasteiger partial charge in [-0.2, -0.15) is 0 Å². The number of hydrogen-bond donors (Lipinski definition) is 2. The number of carbonyl (C=O) groups excluding carboxylic acids is 2. The fraction of sp³-hybridized carbons (Fsp3) is 0.778. The molecule has 0 fully saturated rings. The fourth-order valence-corrected chi connectivity index (χ4v) is 1.53. The van der Waals surface area contributed by atoms with Gasteiger partial charge >= 0.3 is 0 Å². The molecule has 88 valence electrons. The molecule has 6 heteroatoms. The van der Waals surface area contributed by atoms with Crippen LogP contribution < -0.4 is 5.32 Å². The highest BCUT2D eigenvalue weighted by molar-refractivity contribution is 8.13. The van der Waals surface area contributed by atoms with E-state index in [9.17, 15) is 14.0 Å². The Balaban J connectivity index is 3.43. The molecule has 1 atom stereocenters. The maximum absolute atomic E-state index is 11.8. The van der Waals surface area contributed by atoms with Crippen molar-refractivity contribution in [3.63, 3.8) is 0 Å². The van der Waals surface area contributed by atoms with Crippen LogP contribution in [0.25, 0.3) is 0 Å². The molecular weight excluding hydrogens is 221 g/mol. The van der Waals surface area contributed by atoms with Gasteiger partial charge in [-0.3, -0.25) is 9.59 Å². The third-order valence-corrected chi connectivity index (χ3v) is 2.49. The molecule has 0 aliphatic carbocycles. The van der Waals surface area contributed by atoms with E-state index in [1.807, 2.05) is 0 Å². The van der Waals surface area contributed by atoms with Gasteiger partial charge in [-0.25, -0.2) is 4.39 Å². The summed E-state index contributed by atoms with van der Waals surface area (Å²) in [6.45, 7) is 1.25. The van der Waals surface area contributed by atoms with Crippen molar-refractivity contribution in [2.24, 2.45) is 0 Å². The van der Waals surface area contributed by atoms with Crippen LogP contribution in [0.15, 0.2) is 0 Å². The summed E-state index contributed by atoms with van der Waals surface area (Å²) in [6.07, 6.45) is -0.961. The summed E-state index contributed by atoms with van der Waals surface area (Å²) in [4.78, 5) is 21.8. The average Bonchev–Trinajstić information content (AvgIpc) is 2.23. The van der Waals surface area contributed by atoms with E-state index in [0.29, 0.717) is 18.7 Å². The number of carbonyl (C=O) groups is 2. The first-order valence-electron chi connectivity index (χ1n) is 4.76. The minimum absolute atomic E-state index is 0.0631. The molecule has 0 aromatic heterocycles. The highest BCUT2D eigenvalue weighted by Crippen LogP contribution is 2.07. The van der Waals surface area contributed by atoms with Gasteiger partial charge in [0.25, 0.3) is 0 Å². The highest BCUT2D eigenvalue weighted by atomic mass is 32.2. The molecule has 1 amide bonds. The molecule has 0 radical (unpaired) electrons. The Labute approximate surface area is 92.6 Å². The Morgan fingerprint density at radius 3 is 2.73 bits per heavy atom. The van der Waals surface area contributed by atoms with E-state index < -0.39 is 12.8 Å². The quantitative estimate of drug-likeness (QED) is 0.633. The summed E-state index contributed by atoms with van der Waals surface area (Å²) >= 11 is 0.992. The Hall–Kier alpha value is -0.620. The van der Waals surface area contributed by atoms with Crippen molar-refractivity contribution < 1.29 is 19.1 Å². The molecule has 0 rings (SSSR count). The first-order chi connectivity index (χ1) is 7.10. The molecule has 0 aliphatic rings. The van der Waals surface area contributed by atoms with Crippen molar-refractivity contribution in [3.05, 3.63) is 0 Å². The number of thioether (sulfide) groups is 1. The van der Waals surface area contributed by atoms with E-state index in [-0.39, 0.29) is 17.4 Å². The predicted octanol–water partition coefficient (Wildman–Crippen LogP) is 0.493. The second-order valence-corrected chi connectivity index (χ2v) is 4.09. The fourth-order valence-electron chi connectivity index (χ4n) is 0.786. The second-order valence-electron chi connectivity index (χ2n) is 2.94. The molecule has 4 nitrogen and oxygen atoms in total. The smallest absolute Gasteiger partial charge is 0.219 e. The van der Waals surface area contributed by atoms with Gasteiger partial charge < -0.3 is 10.4 Å². The summed E-state index contributed by atoms with van der Waals surface area (Å²) in [5, 5.41) is 11.2. The Bertz CT molecular complexity index is 214. The zero-order valence-electron chi connectivity index (χ0n) is 8.66. The summed E-state index contributed by atoms with van der Waals surface area (Å²) in [5.41, 5.74) is 0. The molecule has 2 N–H and O–H groups in total. The zero-order chi connectivity index (χ0) is 11.7. The molecule has 15 heavy (non-hydrogen) atoms. The highest BCUT2D eigenvalue weighted by Gasteiger charge is 2.10. The number of rotatable bonds is 7. The van der Waals surface area contributed by atoms with Gasteiger partial charge in [-0.15, -0.1) is 0 Å². The topological polar surface area (TPSA) is 66.4 Å². The zero-order valence-corrected chi connectivity index (χ0v) is 9.48. The number of nitrogens with one attached hydrogen (secondary N) is 1. The molecular formula is C9H16FNO3S. The third-order valence-electron chi connectivity index (χ3n) is 1.59. The van der Waals surface area contributed by atoms with E-state index in [1.165, 1.54) is 0 Å². The van der Waals surface area contributed by atoms with Crippen molar-refractivity contribution in [1.29, 1.82) is 0 Å². The lowest BCUT2D eigenvalue weighted by Gasteiger charge is -2.05. The lowest BCUT2D eigenvalue weighted by atomic mass is 10.3. The third kappa shape index (κ3) is 8.38. The maximum Gasteiger partial charge on any atom is 0.219 e. The SMILES string of the molecule is CCC(=O)NCCSC(=O)C[C@H](O)CF. The van der Waals surface area contributed by atoms with Crippen molar-refractivity contribution in [2.45, 2.75) is 25.9 Å². The first-order valence-corrected chi connectivity index (χ1v) is 5.75. The average molecular weight is 237 g/mol. The van der Waals surface area contributed by atoms with Crippen LogP contribution >= 0.6 is 11.8 Å². The summed E-state index contributed by atoms with van der Waals surface area (Å²) < 4.78 is 11.8. The molecule has 0 unspecified atom stereocenters. The van der Waals surface area contributed by atoms with Crippen molar-refractivity contribution in [1.82, 2.24) is 5.32 Å². The first kappa shape index (κ1) is 14.4. The molecule has 0 heterocycles. The Morgan fingerprint density at radius 1 is 1.53 bits per heavy atom. The molecule has 0 bridgehead atoms. The monoisotopic (exact) mass is 237 g/mol. The molecule has 0 aliphatic heterocycles. The standard InChI is InChI=1S/C9H16FNO3S/c1-2-8(13)11-3-4-15-9(14)5-7(12)6-10/h7,12H,2-6H2,1H3,(H,11,13)/t7-/m0/s1. The number of amides is 1. The molecule has 0 saturated carbocycles. The van der Waals surface area contributed by atoms with E-state index >= 15 is 0 Å². The largest absolute Gasteiger partial charge is 0.390 e. The molecule has 0 spiro atoms. The van der Waals surface area contributed by atoms with Gasteiger partial charge in [0, 0.05) is 25.1 Å². The van der Waals surface area contributed by atoms with Crippen LogP contribution in [0.5, 0.6) is 0 Å². The van der Waals surface area contributed by atoms with Crippen LogP contribution in [-0.4, -0.2) is 41.2 Å². The molecule has 0 saturated heterocycles. The number of halogens is 1. The Morgan fingerprint density at radius 2 is 2.20 bits per heavy atom. The van der Waals surface area contributed by atoms with Crippen LogP contribution in [0.1, 0.15) is 19.8 Å². The van der Waals surface area contributed by atoms with Gasteiger partial charge in [0.15, 0.2) is 5.12 Å². The van der Waals surface area contributed by atoms with Crippen LogP contribution in [-0.2, 0) is 9.59 Å². The predicted molar refractivity (Wildman–Crippen MR) is 57.4 cm³/mol. The van der Waals surface area contributed by atoms with E-state index in [0.717, 1.165) is 11.8 Å². The minimum Gasteiger partial charge on any atom is -0.390 e. The van der Waals surface area contributed by atoms with Crippen LogP contribution in [0.3, 0.4) is 0 Å². The van der Waals surface area contributed by atoms with Gasteiger partial charge in [-0.05, 0) is 0 Å². The normalized spacial score (nSPS) is 12.2. The van der Waals surface area contributed by atoms with Gasteiger partial charge in [-0.1, -0.05) is 18.7 Å². The number of alkyl halides is 1. The summed E-state index contributed by atoms with van der Waals surface area (Å²) in [5.74, 6) is 0.385. The van der Waals surface area contributed by atoms with Crippen LogP contribution in [0, 0.1) is 0 Å². The van der Waals surface area contributed by atoms with Crippen molar-refractivity contribution in [3.8, 4) is 0 Å². The lowest BCUT2D eigenvalue weighted by Crippen LogP contribution is -2.25. The summed E-state index contributed by atoms with van der Waals surface area (Å²) in [6, 6.07) is 0.